The quantitative estimate of drug-likeness (QED) is 0.459. The Labute approximate surface area is 204 Å². The van der Waals surface area contributed by atoms with Gasteiger partial charge in [-0.25, -0.2) is 0 Å². The summed E-state index contributed by atoms with van der Waals surface area (Å²) in [6.07, 6.45) is 1.57. The molecule has 0 spiro atoms. The number of ether oxygens (including phenoxy) is 2. The lowest BCUT2D eigenvalue weighted by molar-refractivity contribution is -0.123. The minimum absolute atomic E-state index is 0.0137. The van der Waals surface area contributed by atoms with Crippen LogP contribution in [0.3, 0.4) is 0 Å². The smallest absolute Gasteiger partial charge is 0.241 e. The number of amides is 1. The van der Waals surface area contributed by atoms with Gasteiger partial charge in [-0.1, -0.05) is 22.8 Å². The van der Waals surface area contributed by atoms with Crippen LogP contribution in [0.4, 0.5) is 5.69 Å². The number of hydrogen-bond donors (Lipinski definition) is 0. The van der Waals surface area contributed by atoms with E-state index in [2.05, 4.69) is 15.0 Å². The van der Waals surface area contributed by atoms with Crippen molar-refractivity contribution in [3.05, 3.63) is 53.4 Å². The average Bonchev–Trinajstić information content (AvgIpc) is 3.33. The van der Waals surface area contributed by atoms with Crippen LogP contribution in [0.1, 0.15) is 25.7 Å². The molecule has 8 nitrogen and oxygen atoms in total. The number of halogens is 1. The Hall–Kier alpha value is -3.10. The number of aromatic nitrogens is 2. The van der Waals surface area contributed by atoms with Crippen molar-refractivity contribution in [3.63, 3.8) is 0 Å². The molecule has 9 heteroatoms. The Morgan fingerprint density at radius 2 is 1.91 bits per heavy atom. The summed E-state index contributed by atoms with van der Waals surface area (Å²) in [5, 5.41) is 4.75. The van der Waals surface area contributed by atoms with E-state index in [9.17, 15) is 4.79 Å². The highest BCUT2D eigenvalue weighted by Gasteiger charge is 2.29. The minimum atomic E-state index is -0.0137. The molecule has 1 aliphatic rings. The van der Waals surface area contributed by atoms with E-state index < -0.39 is 0 Å². The van der Waals surface area contributed by atoms with Gasteiger partial charge in [0.25, 0.3) is 0 Å². The standard InChI is InChI=1S/C25H29ClN4O4/c1-4-30(20-7-5-6-19(26)15-20)25(31)17-10-12-29(13-11-17)16-23-27-24(28-34-23)18-8-9-21(32-2)22(14-18)33-3/h5-9,14-15,17H,4,10-13,16H2,1-3H3. The molecule has 1 saturated heterocycles. The zero-order chi connectivity index (χ0) is 24.1. The van der Waals surface area contributed by atoms with E-state index in [0.29, 0.717) is 41.3 Å². The molecule has 2 aromatic carbocycles. The second-order valence-electron chi connectivity index (χ2n) is 8.19. The molecule has 0 unspecified atom stereocenters. The van der Waals surface area contributed by atoms with Crippen molar-refractivity contribution < 1.29 is 18.8 Å². The van der Waals surface area contributed by atoms with Crippen molar-refractivity contribution in [1.82, 2.24) is 15.0 Å². The topological polar surface area (TPSA) is 80.9 Å². The second kappa shape index (κ2) is 10.9. The first-order valence-corrected chi connectivity index (χ1v) is 11.7. The van der Waals surface area contributed by atoms with Gasteiger partial charge in [-0.2, -0.15) is 4.98 Å². The number of piperidine rings is 1. The van der Waals surface area contributed by atoms with Crippen molar-refractivity contribution in [2.45, 2.75) is 26.3 Å². The third kappa shape index (κ3) is 5.34. The van der Waals surface area contributed by atoms with Gasteiger partial charge in [0, 0.05) is 28.7 Å². The molecule has 0 bridgehead atoms. The summed E-state index contributed by atoms with van der Waals surface area (Å²) in [6.45, 7) is 4.72. The second-order valence-corrected chi connectivity index (χ2v) is 8.63. The van der Waals surface area contributed by atoms with Crippen molar-refractivity contribution in [2.75, 3.05) is 38.8 Å². The molecular weight excluding hydrogens is 456 g/mol. The van der Waals surface area contributed by atoms with Crippen LogP contribution in [0.15, 0.2) is 47.0 Å². The number of likely N-dealkylation sites (tertiary alicyclic amines) is 1. The first-order chi connectivity index (χ1) is 16.5. The predicted octanol–water partition coefficient (Wildman–Crippen LogP) is 4.67. The molecule has 180 valence electrons. The van der Waals surface area contributed by atoms with E-state index in [-0.39, 0.29) is 11.8 Å². The summed E-state index contributed by atoms with van der Waals surface area (Å²) in [4.78, 5) is 21.8. The normalized spacial score (nSPS) is 14.7. The van der Waals surface area contributed by atoms with Gasteiger partial charge in [0.2, 0.25) is 17.6 Å². The average molecular weight is 485 g/mol. The number of benzene rings is 2. The summed E-state index contributed by atoms with van der Waals surface area (Å²) in [6, 6.07) is 13.0. The molecule has 1 amide bonds. The molecule has 3 aromatic rings. The Kier molecular flexibility index (Phi) is 7.70. The number of hydrogen-bond acceptors (Lipinski definition) is 7. The van der Waals surface area contributed by atoms with E-state index in [4.69, 9.17) is 25.6 Å². The van der Waals surface area contributed by atoms with Crippen LogP contribution in [0.2, 0.25) is 5.02 Å². The van der Waals surface area contributed by atoms with E-state index in [1.54, 1.807) is 14.2 Å². The van der Waals surface area contributed by atoms with Crippen LogP contribution < -0.4 is 14.4 Å². The molecule has 34 heavy (non-hydrogen) atoms. The Balaban J connectivity index is 1.35. The fourth-order valence-electron chi connectivity index (χ4n) is 4.27. The molecule has 1 aromatic heterocycles. The maximum Gasteiger partial charge on any atom is 0.241 e. The molecule has 0 aliphatic carbocycles. The Morgan fingerprint density at radius 3 is 2.59 bits per heavy atom. The van der Waals surface area contributed by atoms with Crippen LogP contribution in [0.5, 0.6) is 11.5 Å². The summed E-state index contributed by atoms with van der Waals surface area (Å²) < 4.78 is 16.1. The Bertz CT molecular complexity index is 1130. The Morgan fingerprint density at radius 1 is 1.15 bits per heavy atom. The highest BCUT2D eigenvalue weighted by Crippen LogP contribution is 2.31. The molecule has 2 heterocycles. The molecule has 0 saturated carbocycles. The van der Waals surface area contributed by atoms with Crippen LogP contribution in [0, 0.1) is 5.92 Å². The van der Waals surface area contributed by atoms with Crippen LogP contribution in [0.25, 0.3) is 11.4 Å². The molecule has 1 aliphatic heterocycles. The van der Waals surface area contributed by atoms with Gasteiger partial charge in [0.05, 0.1) is 20.8 Å². The minimum Gasteiger partial charge on any atom is -0.493 e. The van der Waals surface area contributed by atoms with Crippen LogP contribution >= 0.6 is 11.6 Å². The molecule has 4 rings (SSSR count). The van der Waals surface area contributed by atoms with Crippen molar-refractivity contribution >= 4 is 23.2 Å². The zero-order valence-corrected chi connectivity index (χ0v) is 20.4. The van der Waals surface area contributed by atoms with Crippen molar-refractivity contribution in [3.8, 4) is 22.9 Å². The highest BCUT2D eigenvalue weighted by atomic mass is 35.5. The van der Waals surface area contributed by atoms with E-state index in [0.717, 1.165) is 37.2 Å². The lowest BCUT2D eigenvalue weighted by Gasteiger charge is -2.33. The number of anilines is 1. The van der Waals surface area contributed by atoms with Gasteiger partial charge in [-0.3, -0.25) is 9.69 Å². The number of nitrogens with zero attached hydrogens (tertiary/aromatic N) is 4. The van der Waals surface area contributed by atoms with Gasteiger partial charge < -0.3 is 18.9 Å². The summed E-state index contributed by atoms with van der Waals surface area (Å²) >= 11 is 6.13. The SMILES string of the molecule is CCN(C(=O)C1CCN(Cc2nc(-c3ccc(OC)c(OC)c3)no2)CC1)c1cccc(Cl)c1. The first-order valence-electron chi connectivity index (χ1n) is 11.4. The van der Waals surface area contributed by atoms with E-state index >= 15 is 0 Å². The number of rotatable bonds is 8. The number of carbonyl (C=O) groups excluding carboxylic acids is 1. The van der Waals surface area contributed by atoms with Gasteiger partial charge in [0.15, 0.2) is 11.5 Å². The summed E-state index contributed by atoms with van der Waals surface area (Å²) in [5.74, 6) is 2.43. The van der Waals surface area contributed by atoms with Crippen molar-refractivity contribution in [2.24, 2.45) is 5.92 Å². The molecule has 1 fully saturated rings. The van der Waals surface area contributed by atoms with Gasteiger partial charge in [0.1, 0.15) is 0 Å². The van der Waals surface area contributed by atoms with Crippen LogP contribution in [-0.2, 0) is 11.3 Å². The monoisotopic (exact) mass is 484 g/mol. The van der Waals surface area contributed by atoms with Gasteiger partial charge >= 0.3 is 0 Å². The third-order valence-corrected chi connectivity index (χ3v) is 6.34. The molecular formula is C25H29ClN4O4. The van der Waals surface area contributed by atoms with Gasteiger partial charge in [-0.15, -0.1) is 0 Å². The lowest BCUT2D eigenvalue weighted by Crippen LogP contribution is -2.42. The van der Waals surface area contributed by atoms with E-state index in [1.807, 2.05) is 54.3 Å². The zero-order valence-electron chi connectivity index (χ0n) is 19.7. The molecule has 0 radical (unpaired) electrons. The molecule has 0 atom stereocenters. The van der Waals surface area contributed by atoms with Crippen LogP contribution in [-0.4, -0.2) is 54.8 Å². The summed E-state index contributed by atoms with van der Waals surface area (Å²) in [5.41, 5.74) is 1.63. The van der Waals surface area contributed by atoms with Crippen molar-refractivity contribution in [1.29, 1.82) is 0 Å². The third-order valence-electron chi connectivity index (χ3n) is 6.11. The maximum absolute atomic E-state index is 13.2. The number of methoxy groups -OCH3 is 2. The fraction of sp³-hybridized carbons (Fsp3) is 0.400. The summed E-state index contributed by atoms with van der Waals surface area (Å²) in [7, 11) is 3.18. The predicted molar refractivity (Wildman–Crippen MR) is 130 cm³/mol. The molecule has 0 N–H and O–H groups in total. The number of carbonyl (C=O) groups is 1. The lowest BCUT2D eigenvalue weighted by atomic mass is 9.95. The first kappa shape index (κ1) is 24.0. The largest absolute Gasteiger partial charge is 0.493 e. The fourth-order valence-corrected chi connectivity index (χ4v) is 4.46. The van der Waals surface area contributed by atoms with E-state index in [1.165, 1.54) is 0 Å². The van der Waals surface area contributed by atoms with Gasteiger partial charge in [-0.05, 0) is 69.3 Å². The highest BCUT2D eigenvalue weighted by molar-refractivity contribution is 6.30. The maximum atomic E-state index is 13.2.